The second kappa shape index (κ2) is 7.26. The van der Waals surface area contributed by atoms with Crippen molar-refractivity contribution in [2.45, 2.75) is 4.90 Å². The van der Waals surface area contributed by atoms with Crippen LogP contribution in [-0.4, -0.2) is 58.3 Å². The van der Waals surface area contributed by atoms with Crippen LogP contribution in [0.15, 0.2) is 29.2 Å². The molecule has 0 radical (unpaired) electrons. The first-order valence-corrected chi connectivity index (χ1v) is 5.71. The number of ether oxygens (including phenoxy) is 1. The fraction of sp³-hybridized carbons (Fsp3) is 0.333. The van der Waals surface area contributed by atoms with Gasteiger partial charge in [0, 0.05) is 12.8 Å². The Bertz CT molecular complexity index is 404. The molecule has 0 bridgehead atoms. The van der Waals surface area contributed by atoms with Crippen LogP contribution in [0.4, 0.5) is 5.69 Å². The van der Waals surface area contributed by atoms with Crippen LogP contribution in [-0.2, 0) is 19.0 Å². The quantitative estimate of drug-likeness (QED) is 0.346. The molecule has 0 aliphatic rings. The predicted octanol–water partition coefficient (Wildman–Crippen LogP) is -0.0280. The Balaban J connectivity index is 0.00000225. The number of nitrogen functional groups attached to an aromatic ring is 1. The average Bonchev–Trinajstić information content (AvgIpc) is 2.18. The van der Waals surface area contributed by atoms with E-state index in [4.69, 9.17) is 9.92 Å². The van der Waals surface area contributed by atoms with Crippen LogP contribution >= 0.6 is 0 Å². The van der Waals surface area contributed by atoms with Gasteiger partial charge in [-0.1, -0.05) is 0 Å². The van der Waals surface area contributed by atoms with E-state index in [1.54, 1.807) is 0 Å². The van der Waals surface area contributed by atoms with E-state index in [2.05, 4.69) is 4.74 Å². The molecule has 16 heavy (non-hydrogen) atoms. The molecule has 0 spiro atoms. The van der Waals surface area contributed by atoms with Crippen molar-refractivity contribution in [1.29, 1.82) is 0 Å². The molecule has 1 aromatic rings. The minimum atomic E-state index is -3.68. The summed E-state index contributed by atoms with van der Waals surface area (Å²) in [5.41, 5.74) is 5.94. The van der Waals surface area contributed by atoms with E-state index < -0.39 is 10.1 Å². The summed E-state index contributed by atoms with van der Waals surface area (Å²) in [6.07, 6.45) is 0. The van der Waals surface area contributed by atoms with Crippen LogP contribution in [0.1, 0.15) is 0 Å². The van der Waals surface area contributed by atoms with Gasteiger partial charge < -0.3 is 10.5 Å². The van der Waals surface area contributed by atoms with Crippen molar-refractivity contribution in [2.75, 3.05) is 26.1 Å². The van der Waals surface area contributed by atoms with Gasteiger partial charge >= 0.3 is 29.6 Å². The van der Waals surface area contributed by atoms with E-state index in [1.807, 2.05) is 0 Å². The molecule has 0 unspecified atom stereocenters. The van der Waals surface area contributed by atoms with E-state index in [0.29, 0.717) is 5.69 Å². The van der Waals surface area contributed by atoms with E-state index in [1.165, 1.54) is 31.4 Å². The van der Waals surface area contributed by atoms with E-state index >= 15 is 0 Å². The number of methoxy groups -OCH3 is 1. The second-order valence-electron chi connectivity index (χ2n) is 2.84. The summed E-state index contributed by atoms with van der Waals surface area (Å²) in [6.45, 7) is 0.234. The number of nitrogens with two attached hydrogens (primary N) is 1. The minimum absolute atomic E-state index is 0. The van der Waals surface area contributed by atoms with Crippen LogP contribution in [0.25, 0.3) is 0 Å². The molecule has 1 aromatic carbocycles. The molecule has 1 rings (SSSR count). The SMILES string of the molecule is COCCOS(=O)(=O)c1ccc(N)cc1.[NaH]. The number of anilines is 1. The fourth-order valence-electron chi connectivity index (χ4n) is 0.930. The normalized spacial score (nSPS) is 10.8. The summed E-state index contributed by atoms with van der Waals surface area (Å²) in [5.74, 6) is 0. The molecule has 2 N–H and O–H groups in total. The molecular formula is C9H14NNaO4S. The van der Waals surface area contributed by atoms with Crippen LogP contribution in [0.5, 0.6) is 0 Å². The van der Waals surface area contributed by atoms with Crippen molar-refractivity contribution in [3.8, 4) is 0 Å². The molecule has 0 saturated carbocycles. The Kier molecular flexibility index (Phi) is 7.21. The van der Waals surface area contributed by atoms with E-state index in [-0.39, 0.29) is 47.7 Å². The van der Waals surface area contributed by atoms with Gasteiger partial charge in [-0.2, -0.15) is 8.42 Å². The third-order valence-electron chi connectivity index (χ3n) is 1.69. The third kappa shape index (κ3) is 4.82. The number of hydrogen-bond donors (Lipinski definition) is 1. The zero-order valence-corrected chi connectivity index (χ0v) is 9.16. The first-order chi connectivity index (χ1) is 7.06. The molecule has 86 valence electrons. The molecule has 0 aromatic heterocycles. The number of benzene rings is 1. The standard InChI is InChI=1S/C9H13NO4S.Na.H/c1-13-6-7-14-15(11,12)9-4-2-8(10)3-5-9;;/h2-5H,6-7,10H2,1H3;;. The van der Waals surface area contributed by atoms with Crippen LogP contribution in [0.2, 0.25) is 0 Å². The maximum atomic E-state index is 11.5. The van der Waals surface area contributed by atoms with Gasteiger partial charge in [-0.05, 0) is 24.3 Å². The van der Waals surface area contributed by atoms with Crippen molar-refractivity contribution >= 4 is 45.4 Å². The molecule has 0 heterocycles. The van der Waals surface area contributed by atoms with Gasteiger partial charge in [0.1, 0.15) is 0 Å². The van der Waals surface area contributed by atoms with Crippen molar-refractivity contribution in [2.24, 2.45) is 0 Å². The van der Waals surface area contributed by atoms with E-state index in [0.717, 1.165) is 0 Å². The number of rotatable bonds is 5. The Labute approximate surface area is 117 Å². The third-order valence-corrected chi connectivity index (χ3v) is 3.02. The molecular weight excluding hydrogens is 241 g/mol. The van der Waals surface area contributed by atoms with Gasteiger partial charge in [-0.3, -0.25) is 4.18 Å². The van der Waals surface area contributed by atoms with Crippen molar-refractivity contribution in [3.05, 3.63) is 24.3 Å². The van der Waals surface area contributed by atoms with Crippen LogP contribution in [0.3, 0.4) is 0 Å². The number of hydrogen-bond acceptors (Lipinski definition) is 5. The van der Waals surface area contributed by atoms with Gasteiger partial charge in [0.2, 0.25) is 0 Å². The Hall–Kier alpha value is -0.110. The Morgan fingerprint density at radius 3 is 2.25 bits per heavy atom. The summed E-state index contributed by atoms with van der Waals surface area (Å²) in [7, 11) is -2.21. The fourth-order valence-corrected chi connectivity index (χ4v) is 1.82. The summed E-state index contributed by atoms with van der Waals surface area (Å²) >= 11 is 0. The first-order valence-electron chi connectivity index (χ1n) is 4.30. The molecule has 0 saturated heterocycles. The summed E-state index contributed by atoms with van der Waals surface area (Å²) in [4.78, 5) is 0.0906. The van der Waals surface area contributed by atoms with Crippen LogP contribution < -0.4 is 5.73 Å². The van der Waals surface area contributed by atoms with Gasteiger partial charge in [0.25, 0.3) is 10.1 Å². The van der Waals surface area contributed by atoms with Crippen molar-refractivity contribution in [1.82, 2.24) is 0 Å². The summed E-state index contributed by atoms with van der Waals surface area (Å²) in [6, 6.07) is 5.81. The maximum absolute atomic E-state index is 11.5. The van der Waals surface area contributed by atoms with Crippen molar-refractivity contribution in [3.63, 3.8) is 0 Å². The zero-order chi connectivity index (χ0) is 11.3. The van der Waals surface area contributed by atoms with Gasteiger partial charge in [-0.15, -0.1) is 0 Å². The first kappa shape index (κ1) is 15.9. The molecule has 7 heteroatoms. The Morgan fingerprint density at radius 2 is 1.75 bits per heavy atom. The molecule has 0 atom stereocenters. The van der Waals surface area contributed by atoms with Gasteiger partial charge in [0.15, 0.2) is 0 Å². The average molecular weight is 255 g/mol. The molecule has 0 aliphatic heterocycles. The molecule has 0 aliphatic carbocycles. The summed E-state index contributed by atoms with van der Waals surface area (Å²) < 4.78 is 32.4. The van der Waals surface area contributed by atoms with Gasteiger partial charge in [-0.25, -0.2) is 0 Å². The molecule has 5 nitrogen and oxygen atoms in total. The van der Waals surface area contributed by atoms with Crippen LogP contribution in [0, 0.1) is 0 Å². The topological polar surface area (TPSA) is 78.6 Å². The predicted molar refractivity (Wildman–Crippen MR) is 63.0 cm³/mol. The van der Waals surface area contributed by atoms with Crippen molar-refractivity contribution < 1.29 is 17.3 Å². The summed E-state index contributed by atoms with van der Waals surface area (Å²) in [5, 5.41) is 0. The Morgan fingerprint density at radius 1 is 1.19 bits per heavy atom. The van der Waals surface area contributed by atoms with Gasteiger partial charge in [0.05, 0.1) is 18.1 Å². The second-order valence-corrected chi connectivity index (χ2v) is 4.45. The molecule has 0 amide bonds. The molecule has 0 fully saturated rings. The monoisotopic (exact) mass is 255 g/mol. The zero-order valence-electron chi connectivity index (χ0n) is 8.34. The van der Waals surface area contributed by atoms with E-state index in [9.17, 15) is 8.42 Å².